The van der Waals surface area contributed by atoms with Gasteiger partial charge >= 0.3 is 6.09 Å². The lowest BCUT2D eigenvalue weighted by atomic mass is 10.0. The van der Waals surface area contributed by atoms with Crippen LogP contribution in [0.4, 0.5) is 4.79 Å². The molecule has 2 amide bonds. The lowest BCUT2D eigenvalue weighted by Gasteiger charge is -2.33. The quantitative estimate of drug-likeness (QED) is 0.746. The number of carbonyl (C=O) groups excluding carboxylic acids is 1. The monoisotopic (exact) mass is 384 g/mol. The van der Waals surface area contributed by atoms with Crippen LogP contribution >= 0.6 is 0 Å². The third-order valence-electron chi connectivity index (χ3n) is 4.28. The van der Waals surface area contributed by atoms with Crippen molar-refractivity contribution >= 4 is 12.0 Å². The third kappa shape index (κ3) is 6.01. The van der Waals surface area contributed by atoms with E-state index in [4.69, 9.17) is 4.74 Å². The minimum atomic E-state index is -0.945. The van der Waals surface area contributed by atoms with Gasteiger partial charge in [0.15, 0.2) is 0 Å². The van der Waals surface area contributed by atoms with Crippen LogP contribution in [0.15, 0.2) is 48.5 Å². The molecule has 2 rings (SSSR count). The Bertz CT molecular complexity index is 793. The average Bonchev–Trinajstić information content (AvgIpc) is 2.64. The summed E-state index contributed by atoms with van der Waals surface area (Å²) in [6.07, 6.45) is -0.945. The van der Waals surface area contributed by atoms with Crippen molar-refractivity contribution in [3.05, 3.63) is 65.2 Å². The molecule has 0 heterocycles. The summed E-state index contributed by atoms with van der Waals surface area (Å²) >= 11 is 0. The number of hydrogen-bond acceptors (Lipinski definition) is 3. The molecule has 0 bridgehead atoms. The van der Waals surface area contributed by atoms with Crippen molar-refractivity contribution < 1.29 is 19.4 Å². The molecular weight excluding hydrogens is 356 g/mol. The molecule has 0 spiro atoms. The maximum Gasteiger partial charge on any atom is 0.408 e. The second kappa shape index (κ2) is 9.26. The molecule has 28 heavy (non-hydrogen) atoms. The molecule has 2 aromatic rings. The summed E-state index contributed by atoms with van der Waals surface area (Å²) in [7, 11) is 0. The van der Waals surface area contributed by atoms with Crippen LogP contribution in [0.1, 0.15) is 49.2 Å². The number of ether oxygens (including phenoxy) is 1. The summed E-state index contributed by atoms with van der Waals surface area (Å²) in [4.78, 5) is 25.1. The minimum Gasteiger partial charge on any atom is -0.494 e. The number of carboxylic acid groups (broad SMARTS) is 1. The van der Waals surface area contributed by atoms with Gasteiger partial charge in [0.25, 0.3) is 5.91 Å². The number of rotatable bonds is 7. The maximum atomic E-state index is 12.3. The molecule has 2 N–H and O–H groups in total. The molecule has 2 aromatic carbocycles. The molecule has 0 atom stereocenters. The fourth-order valence-corrected chi connectivity index (χ4v) is 2.69. The van der Waals surface area contributed by atoms with Gasteiger partial charge in [-0.25, -0.2) is 4.79 Å². The highest BCUT2D eigenvalue weighted by atomic mass is 16.5. The van der Waals surface area contributed by atoms with Crippen LogP contribution in [-0.4, -0.2) is 34.2 Å². The number of amides is 2. The van der Waals surface area contributed by atoms with Crippen LogP contribution in [-0.2, 0) is 13.1 Å². The maximum absolute atomic E-state index is 12.3. The van der Waals surface area contributed by atoms with Crippen LogP contribution in [0.5, 0.6) is 5.75 Å². The van der Waals surface area contributed by atoms with Gasteiger partial charge in [0.05, 0.1) is 6.61 Å². The Morgan fingerprint density at radius 1 is 1.00 bits per heavy atom. The van der Waals surface area contributed by atoms with E-state index in [1.165, 1.54) is 4.90 Å². The molecule has 0 aliphatic carbocycles. The van der Waals surface area contributed by atoms with Crippen molar-refractivity contribution in [1.82, 2.24) is 10.2 Å². The van der Waals surface area contributed by atoms with Crippen molar-refractivity contribution in [3.63, 3.8) is 0 Å². The third-order valence-corrected chi connectivity index (χ3v) is 4.28. The number of nitrogens with one attached hydrogen (secondary N) is 1. The molecule has 6 heteroatoms. The first-order valence-electron chi connectivity index (χ1n) is 9.30. The van der Waals surface area contributed by atoms with Crippen LogP contribution < -0.4 is 10.1 Å². The predicted octanol–water partition coefficient (Wildman–Crippen LogP) is 4.29. The molecule has 6 nitrogen and oxygen atoms in total. The molecule has 0 aliphatic rings. The fraction of sp³-hybridized carbons (Fsp3) is 0.364. The van der Waals surface area contributed by atoms with Gasteiger partial charge in [-0.15, -0.1) is 0 Å². The lowest BCUT2D eigenvalue weighted by Crippen LogP contribution is -2.44. The standard InChI is InChI=1S/C22H28N2O4/c1-5-28-19-12-10-18(11-13-19)20(25)23-14-16-6-8-17(9-7-16)15-24(21(26)27)22(2,3)4/h6-13H,5,14-15H2,1-4H3,(H,23,25)(H,26,27). The summed E-state index contributed by atoms with van der Waals surface area (Å²) in [6.45, 7) is 8.81. The van der Waals surface area contributed by atoms with Crippen LogP contribution in [0.25, 0.3) is 0 Å². The van der Waals surface area contributed by atoms with Gasteiger partial charge in [-0.2, -0.15) is 0 Å². The molecule has 0 unspecified atom stereocenters. The molecule has 0 saturated carbocycles. The van der Waals surface area contributed by atoms with Crippen molar-refractivity contribution in [2.75, 3.05) is 6.61 Å². The van der Waals surface area contributed by atoms with Gasteiger partial charge < -0.3 is 15.2 Å². The fourth-order valence-electron chi connectivity index (χ4n) is 2.69. The smallest absolute Gasteiger partial charge is 0.408 e. The van der Waals surface area contributed by atoms with Crippen LogP contribution in [0.2, 0.25) is 0 Å². The van der Waals surface area contributed by atoms with E-state index < -0.39 is 11.6 Å². The van der Waals surface area contributed by atoms with Gasteiger partial charge in [-0.3, -0.25) is 9.69 Å². The zero-order valence-electron chi connectivity index (χ0n) is 16.9. The van der Waals surface area contributed by atoms with E-state index in [1.54, 1.807) is 24.3 Å². The largest absolute Gasteiger partial charge is 0.494 e. The van der Waals surface area contributed by atoms with E-state index >= 15 is 0 Å². The van der Waals surface area contributed by atoms with Crippen molar-refractivity contribution in [2.24, 2.45) is 0 Å². The number of benzene rings is 2. The van der Waals surface area contributed by atoms with E-state index in [0.29, 0.717) is 25.3 Å². The second-order valence-corrected chi connectivity index (χ2v) is 7.50. The molecular formula is C22H28N2O4. The Hall–Kier alpha value is -3.02. The zero-order valence-corrected chi connectivity index (χ0v) is 16.9. The van der Waals surface area contributed by atoms with Gasteiger partial charge in [0, 0.05) is 24.2 Å². The summed E-state index contributed by atoms with van der Waals surface area (Å²) in [5.74, 6) is 0.581. The van der Waals surface area contributed by atoms with Gasteiger partial charge in [-0.05, 0) is 63.1 Å². The Morgan fingerprint density at radius 3 is 2.07 bits per heavy atom. The SMILES string of the molecule is CCOc1ccc(C(=O)NCc2ccc(CN(C(=O)O)C(C)(C)C)cc2)cc1. The Labute approximate surface area is 166 Å². The van der Waals surface area contributed by atoms with Crippen molar-refractivity contribution in [3.8, 4) is 5.75 Å². The molecule has 150 valence electrons. The second-order valence-electron chi connectivity index (χ2n) is 7.50. The summed E-state index contributed by atoms with van der Waals surface area (Å²) in [6, 6.07) is 14.6. The first-order valence-corrected chi connectivity index (χ1v) is 9.30. The highest BCUT2D eigenvalue weighted by molar-refractivity contribution is 5.94. The number of nitrogens with zero attached hydrogens (tertiary/aromatic N) is 1. The van der Waals surface area contributed by atoms with Gasteiger partial charge in [0.1, 0.15) is 5.75 Å². The molecule has 0 saturated heterocycles. The predicted molar refractivity (Wildman–Crippen MR) is 109 cm³/mol. The van der Waals surface area contributed by atoms with E-state index in [-0.39, 0.29) is 5.91 Å². The van der Waals surface area contributed by atoms with Gasteiger partial charge in [0.2, 0.25) is 0 Å². The normalized spacial score (nSPS) is 11.0. The zero-order chi connectivity index (χ0) is 20.7. The van der Waals surface area contributed by atoms with Gasteiger partial charge in [-0.1, -0.05) is 24.3 Å². The Kier molecular flexibility index (Phi) is 7.04. The van der Waals surface area contributed by atoms with E-state index in [9.17, 15) is 14.7 Å². The molecule has 0 aliphatic heterocycles. The molecule has 0 radical (unpaired) electrons. The lowest BCUT2D eigenvalue weighted by molar-refractivity contribution is 0.0942. The first kappa shape index (κ1) is 21.3. The van der Waals surface area contributed by atoms with E-state index in [1.807, 2.05) is 52.0 Å². The molecule has 0 fully saturated rings. The number of carbonyl (C=O) groups is 2. The van der Waals surface area contributed by atoms with E-state index in [2.05, 4.69) is 5.32 Å². The summed E-state index contributed by atoms with van der Waals surface area (Å²) < 4.78 is 5.37. The van der Waals surface area contributed by atoms with Crippen LogP contribution in [0, 0.1) is 0 Å². The summed E-state index contributed by atoms with van der Waals surface area (Å²) in [5.41, 5.74) is 1.94. The highest BCUT2D eigenvalue weighted by Crippen LogP contribution is 2.18. The number of hydrogen-bond donors (Lipinski definition) is 2. The Balaban J connectivity index is 1.93. The topological polar surface area (TPSA) is 78.9 Å². The van der Waals surface area contributed by atoms with Crippen molar-refractivity contribution in [1.29, 1.82) is 0 Å². The minimum absolute atomic E-state index is 0.156. The van der Waals surface area contributed by atoms with E-state index in [0.717, 1.165) is 16.9 Å². The highest BCUT2D eigenvalue weighted by Gasteiger charge is 2.25. The molecule has 0 aromatic heterocycles. The first-order chi connectivity index (χ1) is 13.2. The average molecular weight is 384 g/mol. The van der Waals surface area contributed by atoms with Crippen LogP contribution in [0.3, 0.4) is 0 Å². The Morgan fingerprint density at radius 2 is 1.57 bits per heavy atom. The summed E-state index contributed by atoms with van der Waals surface area (Å²) in [5, 5.41) is 12.3. The van der Waals surface area contributed by atoms with Crippen molar-refractivity contribution in [2.45, 2.75) is 46.3 Å².